The molecule has 0 unspecified atom stereocenters. The topological polar surface area (TPSA) is 60.1 Å². The Morgan fingerprint density at radius 3 is 2.83 bits per heavy atom. The van der Waals surface area contributed by atoms with Crippen molar-refractivity contribution in [3.05, 3.63) is 54.2 Å². The second-order valence-corrected chi connectivity index (χ2v) is 5.62. The fourth-order valence-corrected chi connectivity index (χ4v) is 2.70. The average Bonchev–Trinajstić information content (AvgIpc) is 3.20. The molecule has 0 saturated carbocycles. The van der Waals surface area contributed by atoms with Gasteiger partial charge < -0.3 is 14.3 Å². The Hall–Kier alpha value is -2.56. The molecule has 0 bridgehead atoms. The standard InChI is InChI=1S/C18H21N3O2/c1-21-15-9-5-4-8-14(15)20-17(21)11-3-2-6-12-19-18(22)16-10-7-13-23-16/h4-5,7-10,13H,2-3,6,11-12H2,1H3,(H,19,22). The number of imidazole rings is 1. The summed E-state index contributed by atoms with van der Waals surface area (Å²) in [6, 6.07) is 11.6. The number of nitrogens with zero attached hydrogens (tertiary/aromatic N) is 2. The van der Waals surface area contributed by atoms with Crippen LogP contribution < -0.4 is 5.32 Å². The third-order valence-electron chi connectivity index (χ3n) is 3.99. The maximum Gasteiger partial charge on any atom is 0.286 e. The number of hydrogen-bond donors (Lipinski definition) is 1. The van der Waals surface area contributed by atoms with Crippen LogP contribution in [0.3, 0.4) is 0 Å². The first kappa shape index (κ1) is 15.3. The highest BCUT2D eigenvalue weighted by molar-refractivity contribution is 5.91. The summed E-state index contributed by atoms with van der Waals surface area (Å²) in [5, 5.41) is 2.86. The minimum Gasteiger partial charge on any atom is -0.459 e. The minimum absolute atomic E-state index is 0.148. The Morgan fingerprint density at radius 1 is 1.17 bits per heavy atom. The van der Waals surface area contributed by atoms with Gasteiger partial charge in [0.15, 0.2) is 5.76 Å². The lowest BCUT2D eigenvalue weighted by Crippen LogP contribution is -2.23. The van der Waals surface area contributed by atoms with Gasteiger partial charge in [0.1, 0.15) is 5.82 Å². The monoisotopic (exact) mass is 311 g/mol. The number of carbonyl (C=O) groups is 1. The van der Waals surface area contributed by atoms with Crippen molar-refractivity contribution in [3.8, 4) is 0 Å². The molecule has 5 nitrogen and oxygen atoms in total. The van der Waals surface area contributed by atoms with Crippen LogP contribution in [-0.2, 0) is 13.5 Å². The summed E-state index contributed by atoms with van der Waals surface area (Å²) in [6.45, 7) is 0.669. The van der Waals surface area contributed by atoms with Gasteiger partial charge in [-0.25, -0.2) is 4.98 Å². The number of nitrogens with one attached hydrogen (secondary N) is 1. The molecule has 0 saturated heterocycles. The summed E-state index contributed by atoms with van der Waals surface area (Å²) in [6.07, 6.45) is 5.54. The number of unbranched alkanes of at least 4 members (excludes halogenated alkanes) is 2. The van der Waals surface area contributed by atoms with E-state index in [0.717, 1.165) is 37.0 Å². The van der Waals surface area contributed by atoms with Crippen LogP contribution in [0, 0.1) is 0 Å². The van der Waals surface area contributed by atoms with E-state index in [1.807, 2.05) is 18.2 Å². The van der Waals surface area contributed by atoms with Crippen molar-refractivity contribution in [1.82, 2.24) is 14.9 Å². The molecular weight excluding hydrogens is 290 g/mol. The minimum atomic E-state index is -0.148. The summed E-state index contributed by atoms with van der Waals surface area (Å²) in [5.41, 5.74) is 2.23. The molecule has 0 spiro atoms. The van der Waals surface area contributed by atoms with E-state index in [1.54, 1.807) is 12.1 Å². The zero-order chi connectivity index (χ0) is 16.1. The third kappa shape index (κ3) is 3.62. The molecule has 1 aromatic carbocycles. The normalized spacial score (nSPS) is 11.0. The maximum absolute atomic E-state index is 11.7. The van der Waals surface area contributed by atoms with Gasteiger partial charge in [-0.1, -0.05) is 18.6 Å². The molecular formula is C18H21N3O2. The molecule has 23 heavy (non-hydrogen) atoms. The van der Waals surface area contributed by atoms with Crippen LogP contribution in [0.2, 0.25) is 0 Å². The molecule has 120 valence electrons. The van der Waals surface area contributed by atoms with E-state index in [2.05, 4.69) is 28.0 Å². The molecule has 1 N–H and O–H groups in total. The van der Waals surface area contributed by atoms with Gasteiger partial charge in [-0.05, 0) is 37.1 Å². The highest BCUT2D eigenvalue weighted by atomic mass is 16.3. The van der Waals surface area contributed by atoms with Crippen molar-refractivity contribution >= 4 is 16.9 Å². The highest BCUT2D eigenvalue weighted by Crippen LogP contribution is 2.15. The number of para-hydroxylation sites is 2. The summed E-state index contributed by atoms with van der Waals surface area (Å²) in [7, 11) is 2.06. The van der Waals surface area contributed by atoms with Gasteiger partial charge in [0.25, 0.3) is 5.91 Å². The average molecular weight is 311 g/mol. The Kier molecular flexibility index (Phi) is 4.76. The molecule has 0 radical (unpaired) electrons. The molecule has 1 amide bonds. The summed E-state index contributed by atoms with van der Waals surface area (Å²) >= 11 is 0. The quantitative estimate of drug-likeness (QED) is 0.681. The molecule has 0 atom stereocenters. The van der Waals surface area contributed by atoms with Crippen LogP contribution in [0.1, 0.15) is 35.6 Å². The van der Waals surface area contributed by atoms with E-state index >= 15 is 0 Å². The number of aromatic nitrogens is 2. The molecule has 3 rings (SSSR count). The molecule has 0 aliphatic rings. The predicted octanol–water partition coefficient (Wildman–Crippen LogP) is 3.31. The van der Waals surface area contributed by atoms with E-state index < -0.39 is 0 Å². The molecule has 3 aromatic rings. The first-order chi connectivity index (χ1) is 11.3. The fraction of sp³-hybridized carbons (Fsp3) is 0.333. The predicted molar refractivity (Wildman–Crippen MR) is 89.3 cm³/mol. The first-order valence-corrected chi connectivity index (χ1v) is 7.98. The maximum atomic E-state index is 11.7. The smallest absolute Gasteiger partial charge is 0.286 e. The van der Waals surface area contributed by atoms with Crippen molar-refractivity contribution in [1.29, 1.82) is 0 Å². The molecule has 0 aliphatic carbocycles. The second kappa shape index (κ2) is 7.13. The zero-order valence-corrected chi connectivity index (χ0v) is 13.3. The van der Waals surface area contributed by atoms with E-state index in [9.17, 15) is 4.79 Å². The lowest BCUT2D eigenvalue weighted by Gasteiger charge is -2.04. The van der Waals surface area contributed by atoms with Gasteiger partial charge in [-0.2, -0.15) is 0 Å². The number of benzene rings is 1. The first-order valence-electron chi connectivity index (χ1n) is 7.98. The van der Waals surface area contributed by atoms with Crippen molar-refractivity contribution < 1.29 is 9.21 Å². The zero-order valence-electron chi connectivity index (χ0n) is 13.3. The SMILES string of the molecule is Cn1c(CCCCCNC(=O)c2ccco2)nc2ccccc21. The summed E-state index contributed by atoms with van der Waals surface area (Å²) < 4.78 is 7.21. The van der Waals surface area contributed by atoms with Gasteiger partial charge in [-0.15, -0.1) is 0 Å². The van der Waals surface area contributed by atoms with E-state index in [0.29, 0.717) is 12.3 Å². The summed E-state index contributed by atoms with van der Waals surface area (Å²) in [4.78, 5) is 16.4. The Balaban J connectivity index is 1.39. The van der Waals surface area contributed by atoms with Gasteiger partial charge in [-0.3, -0.25) is 4.79 Å². The Labute approximate surface area is 135 Å². The van der Waals surface area contributed by atoms with Gasteiger partial charge in [0, 0.05) is 20.0 Å². The lowest BCUT2D eigenvalue weighted by molar-refractivity contribution is 0.0925. The number of amides is 1. The van der Waals surface area contributed by atoms with E-state index in [-0.39, 0.29) is 5.91 Å². The van der Waals surface area contributed by atoms with Crippen molar-refractivity contribution in [2.75, 3.05) is 6.54 Å². The lowest BCUT2D eigenvalue weighted by atomic mass is 10.2. The number of aryl methyl sites for hydroxylation is 2. The van der Waals surface area contributed by atoms with Crippen molar-refractivity contribution in [2.24, 2.45) is 7.05 Å². The molecule has 2 heterocycles. The number of furan rings is 1. The molecule has 0 aliphatic heterocycles. The van der Waals surface area contributed by atoms with Crippen LogP contribution in [0.25, 0.3) is 11.0 Å². The third-order valence-corrected chi connectivity index (χ3v) is 3.99. The van der Waals surface area contributed by atoms with E-state index in [4.69, 9.17) is 4.42 Å². The van der Waals surface area contributed by atoms with Gasteiger partial charge in [0.2, 0.25) is 0 Å². The molecule has 5 heteroatoms. The largest absolute Gasteiger partial charge is 0.459 e. The van der Waals surface area contributed by atoms with Crippen LogP contribution in [0.15, 0.2) is 47.1 Å². The van der Waals surface area contributed by atoms with E-state index in [1.165, 1.54) is 11.8 Å². The van der Waals surface area contributed by atoms with Crippen LogP contribution in [0.4, 0.5) is 0 Å². The second-order valence-electron chi connectivity index (χ2n) is 5.62. The number of rotatable bonds is 7. The number of hydrogen-bond acceptors (Lipinski definition) is 3. The molecule has 2 aromatic heterocycles. The molecule has 0 fully saturated rings. The number of carbonyl (C=O) groups excluding carboxylic acids is 1. The fourth-order valence-electron chi connectivity index (χ4n) is 2.70. The van der Waals surface area contributed by atoms with Gasteiger partial charge >= 0.3 is 0 Å². The summed E-state index contributed by atoms with van der Waals surface area (Å²) in [5.74, 6) is 1.33. The Bertz CT molecular complexity index is 775. The Morgan fingerprint density at radius 2 is 2.04 bits per heavy atom. The van der Waals surface area contributed by atoms with Crippen molar-refractivity contribution in [2.45, 2.75) is 25.7 Å². The van der Waals surface area contributed by atoms with Crippen LogP contribution >= 0.6 is 0 Å². The number of fused-ring (bicyclic) bond motifs is 1. The van der Waals surface area contributed by atoms with Gasteiger partial charge in [0.05, 0.1) is 17.3 Å². The van der Waals surface area contributed by atoms with Crippen LogP contribution in [0.5, 0.6) is 0 Å². The van der Waals surface area contributed by atoms with Crippen molar-refractivity contribution in [3.63, 3.8) is 0 Å². The highest BCUT2D eigenvalue weighted by Gasteiger charge is 2.08. The van der Waals surface area contributed by atoms with Crippen LogP contribution in [-0.4, -0.2) is 22.0 Å².